The van der Waals surface area contributed by atoms with Crippen molar-refractivity contribution in [3.8, 4) is 5.75 Å². The van der Waals surface area contributed by atoms with Crippen molar-refractivity contribution in [2.45, 2.75) is 0 Å². The number of carbonyl (C=O) groups excluding carboxylic acids is 1. The maximum absolute atomic E-state index is 12.2. The first-order chi connectivity index (χ1) is 13.1. The third-order valence-corrected chi connectivity index (χ3v) is 4.33. The van der Waals surface area contributed by atoms with E-state index in [1.54, 1.807) is 37.5 Å². The van der Waals surface area contributed by atoms with Crippen molar-refractivity contribution in [1.29, 1.82) is 0 Å². The smallest absolute Gasteiger partial charge is 0.185 e. The number of benzene rings is 3. The van der Waals surface area contributed by atoms with Crippen LogP contribution < -0.4 is 4.74 Å². The second kappa shape index (κ2) is 9.02. The third kappa shape index (κ3) is 5.44. The van der Waals surface area contributed by atoms with Gasteiger partial charge < -0.3 is 4.74 Å². The Labute approximate surface area is 164 Å². The number of allylic oxidation sites excluding steroid dienone is 1. The molecule has 3 aromatic carbocycles. The fourth-order valence-corrected chi connectivity index (χ4v) is 2.63. The van der Waals surface area contributed by atoms with Crippen LogP contribution >= 0.6 is 11.6 Å². The summed E-state index contributed by atoms with van der Waals surface area (Å²) in [6, 6.07) is 22.8. The molecule has 0 fully saturated rings. The van der Waals surface area contributed by atoms with Crippen LogP contribution in [0.25, 0.3) is 18.2 Å². The van der Waals surface area contributed by atoms with Crippen LogP contribution in [0.15, 0.2) is 78.9 Å². The molecule has 0 saturated carbocycles. The molecule has 0 spiro atoms. The van der Waals surface area contributed by atoms with E-state index in [4.69, 9.17) is 16.3 Å². The monoisotopic (exact) mass is 374 g/mol. The summed E-state index contributed by atoms with van der Waals surface area (Å²) in [7, 11) is 1.66. The van der Waals surface area contributed by atoms with Gasteiger partial charge in [-0.2, -0.15) is 0 Å². The lowest BCUT2D eigenvalue weighted by Crippen LogP contribution is -1.93. The van der Waals surface area contributed by atoms with Crippen molar-refractivity contribution >= 4 is 35.6 Å². The molecule has 134 valence electrons. The molecule has 27 heavy (non-hydrogen) atoms. The van der Waals surface area contributed by atoms with Crippen molar-refractivity contribution < 1.29 is 9.53 Å². The zero-order valence-electron chi connectivity index (χ0n) is 14.9. The molecule has 0 amide bonds. The van der Waals surface area contributed by atoms with Gasteiger partial charge in [0.2, 0.25) is 0 Å². The Balaban J connectivity index is 1.63. The van der Waals surface area contributed by atoms with Crippen molar-refractivity contribution in [2.24, 2.45) is 0 Å². The number of hydrogen-bond donors (Lipinski definition) is 0. The SMILES string of the molecule is COc1ccc(/C=C/c2ccc(/C=C/C(=O)c3ccc(Cl)cc3)cc2)cc1. The number of ketones is 1. The molecule has 2 nitrogen and oxygen atoms in total. The van der Waals surface area contributed by atoms with Gasteiger partial charge in [-0.05, 0) is 59.2 Å². The van der Waals surface area contributed by atoms with Gasteiger partial charge in [-0.15, -0.1) is 0 Å². The number of methoxy groups -OCH3 is 1. The molecule has 0 N–H and O–H groups in total. The van der Waals surface area contributed by atoms with Crippen molar-refractivity contribution in [2.75, 3.05) is 7.11 Å². The van der Waals surface area contributed by atoms with Crippen LogP contribution in [-0.2, 0) is 0 Å². The van der Waals surface area contributed by atoms with Gasteiger partial charge in [0.25, 0.3) is 0 Å². The quantitative estimate of drug-likeness (QED) is 0.283. The molecule has 0 unspecified atom stereocenters. The molecule has 3 heteroatoms. The first kappa shape index (κ1) is 18.7. The van der Waals surface area contributed by atoms with E-state index in [2.05, 4.69) is 0 Å². The summed E-state index contributed by atoms with van der Waals surface area (Å²) < 4.78 is 5.16. The number of rotatable bonds is 6. The first-order valence-electron chi connectivity index (χ1n) is 8.54. The fourth-order valence-electron chi connectivity index (χ4n) is 2.51. The Hall–Kier alpha value is -3.10. The summed E-state index contributed by atoms with van der Waals surface area (Å²) in [5, 5.41) is 0.619. The Kier molecular flexibility index (Phi) is 6.24. The van der Waals surface area contributed by atoms with E-state index < -0.39 is 0 Å². The Bertz CT molecular complexity index is 951. The maximum Gasteiger partial charge on any atom is 0.185 e. The van der Waals surface area contributed by atoms with Crippen LogP contribution in [0.2, 0.25) is 5.02 Å². The maximum atomic E-state index is 12.2. The number of carbonyl (C=O) groups is 1. The van der Waals surface area contributed by atoms with Crippen LogP contribution in [0, 0.1) is 0 Å². The number of ether oxygens (including phenoxy) is 1. The summed E-state index contributed by atoms with van der Waals surface area (Å²) in [4.78, 5) is 12.2. The van der Waals surface area contributed by atoms with E-state index in [9.17, 15) is 4.79 Å². The standard InChI is InChI=1S/C24H19ClO2/c1-27-23-15-8-20(9-16-23)7-4-18-2-5-19(6-3-18)10-17-24(26)21-11-13-22(25)14-12-21/h2-17H,1H3/b7-4+,17-10+. The van der Waals surface area contributed by atoms with Crippen LogP contribution in [-0.4, -0.2) is 12.9 Å². The molecule has 0 aliphatic heterocycles. The predicted molar refractivity (Wildman–Crippen MR) is 113 cm³/mol. The van der Waals surface area contributed by atoms with Crippen LogP contribution in [0.1, 0.15) is 27.0 Å². The zero-order chi connectivity index (χ0) is 19.1. The lowest BCUT2D eigenvalue weighted by atomic mass is 10.1. The van der Waals surface area contributed by atoms with E-state index in [1.807, 2.05) is 66.8 Å². The van der Waals surface area contributed by atoms with Gasteiger partial charge in [0.1, 0.15) is 5.75 Å². The third-order valence-electron chi connectivity index (χ3n) is 4.08. The molecule has 0 saturated heterocycles. The van der Waals surface area contributed by atoms with Crippen molar-refractivity contribution in [1.82, 2.24) is 0 Å². The largest absolute Gasteiger partial charge is 0.497 e. The highest BCUT2D eigenvalue weighted by molar-refractivity contribution is 6.30. The van der Waals surface area contributed by atoms with Gasteiger partial charge in [0, 0.05) is 10.6 Å². The molecule has 3 rings (SSSR count). The van der Waals surface area contributed by atoms with E-state index in [0.717, 1.165) is 22.4 Å². The minimum Gasteiger partial charge on any atom is -0.497 e. The molecule has 0 aromatic heterocycles. The highest BCUT2D eigenvalue weighted by Gasteiger charge is 2.01. The van der Waals surface area contributed by atoms with Crippen LogP contribution in [0.4, 0.5) is 0 Å². The number of halogens is 1. The summed E-state index contributed by atoms with van der Waals surface area (Å²) in [6.07, 6.45) is 7.49. The average Bonchev–Trinajstić information content (AvgIpc) is 2.72. The summed E-state index contributed by atoms with van der Waals surface area (Å²) in [5.41, 5.74) is 3.79. The second-order valence-electron chi connectivity index (χ2n) is 5.98. The minimum atomic E-state index is -0.0462. The predicted octanol–water partition coefficient (Wildman–Crippen LogP) is 6.42. The van der Waals surface area contributed by atoms with Crippen molar-refractivity contribution in [3.63, 3.8) is 0 Å². The molecule has 3 aromatic rings. The highest BCUT2D eigenvalue weighted by Crippen LogP contribution is 2.15. The van der Waals surface area contributed by atoms with Gasteiger partial charge in [-0.3, -0.25) is 4.79 Å². The minimum absolute atomic E-state index is 0.0462. The van der Waals surface area contributed by atoms with Gasteiger partial charge in [-0.1, -0.05) is 66.2 Å². The van der Waals surface area contributed by atoms with Gasteiger partial charge in [0.05, 0.1) is 7.11 Å². The van der Waals surface area contributed by atoms with E-state index in [0.29, 0.717) is 10.6 Å². The second-order valence-corrected chi connectivity index (χ2v) is 6.41. The van der Waals surface area contributed by atoms with Gasteiger partial charge in [-0.25, -0.2) is 0 Å². The Morgan fingerprint density at radius 1 is 0.741 bits per heavy atom. The Morgan fingerprint density at radius 3 is 1.74 bits per heavy atom. The van der Waals surface area contributed by atoms with Gasteiger partial charge >= 0.3 is 0 Å². The van der Waals surface area contributed by atoms with Crippen molar-refractivity contribution in [3.05, 3.63) is 106 Å². The lowest BCUT2D eigenvalue weighted by Gasteiger charge is -2.00. The first-order valence-corrected chi connectivity index (χ1v) is 8.92. The average molecular weight is 375 g/mol. The summed E-state index contributed by atoms with van der Waals surface area (Å²) in [6.45, 7) is 0. The summed E-state index contributed by atoms with van der Waals surface area (Å²) in [5.74, 6) is 0.798. The molecule has 0 atom stereocenters. The molecular weight excluding hydrogens is 356 g/mol. The Morgan fingerprint density at radius 2 is 1.22 bits per heavy atom. The molecular formula is C24H19ClO2. The lowest BCUT2D eigenvalue weighted by molar-refractivity contribution is 0.104. The topological polar surface area (TPSA) is 26.3 Å². The van der Waals surface area contributed by atoms with Gasteiger partial charge in [0.15, 0.2) is 5.78 Å². The molecule has 0 heterocycles. The number of hydrogen-bond acceptors (Lipinski definition) is 2. The zero-order valence-corrected chi connectivity index (χ0v) is 15.7. The molecule has 0 aliphatic rings. The highest BCUT2D eigenvalue weighted by atomic mass is 35.5. The molecule has 0 aliphatic carbocycles. The normalized spacial score (nSPS) is 11.2. The molecule has 0 radical (unpaired) electrons. The summed E-state index contributed by atoms with van der Waals surface area (Å²) >= 11 is 5.84. The van der Waals surface area contributed by atoms with E-state index in [1.165, 1.54) is 0 Å². The molecule has 0 bridgehead atoms. The van der Waals surface area contributed by atoms with E-state index >= 15 is 0 Å². The van der Waals surface area contributed by atoms with Crippen LogP contribution in [0.3, 0.4) is 0 Å². The van der Waals surface area contributed by atoms with E-state index in [-0.39, 0.29) is 5.78 Å². The fraction of sp³-hybridized carbons (Fsp3) is 0.0417. The van der Waals surface area contributed by atoms with Crippen LogP contribution in [0.5, 0.6) is 5.75 Å².